The third-order valence-corrected chi connectivity index (χ3v) is 15.7. The summed E-state index contributed by atoms with van der Waals surface area (Å²) in [5, 5.41) is 19.3. The van der Waals surface area contributed by atoms with Gasteiger partial charge in [0.05, 0.1) is 38.4 Å². The van der Waals surface area contributed by atoms with E-state index >= 15 is 4.79 Å². The van der Waals surface area contributed by atoms with Crippen molar-refractivity contribution in [1.29, 1.82) is 0 Å². The first-order valence-electron chi connectivity index (χ1n) is 18.1. The number of carbonyl (C=O) groups excluding carboxylic acids is 2. The third kappa shape index (κ3) is 5.72. The van der Waals surface area contributed by atoms with Gasteiger partial charge in [0.1, 0.15) is 11.5 Å². The van der Waals surface area contributed by atoms with Crippen LogP contribution in [0.5, 0.6) is 11.5 Å². The van der Waals surface area contributed by atoms with Crippen LogP contribution in [0.3, 0.4) is 0 Å². The normalized spacial score (nSPS) is 22.2. The summed E-state index contributed by atoms with van der Waals surface area (Å²) in [6, 6.07) is 31.3. The molecule has 1 saturated heterocycles. The van der Waals surface area contributed by atoms with Gasteiger partial charge in [0.15, 0.2) is 12.2 Å². The fourth-order valence-corrected chi connectivity index (χ4v) is 12.9. The second-order valence-electron chi connectivity index (χ2n) is 14.6. The molecular formula is C41H43N5O6Si. The van der Waals surface area contributed by atoms with Crippen molar-refractivity contribution < 1.29 is 28.9 Å². The van der Waals surface area contributed by atoms with E-state index in [1.54, 1.807) is 21.6 Å². The molecule has 4 aromatic carbocycles. The zero-order chi connectivity index (χ0) is 36.9. The number of nitrogens with zero attached hydrogens (tertiary/aromatic N) is 5. The van der Waals surface area contributed by atoms with Crippen molar-refractivity contribution >= 4 is 47.8 Å². The number of carbonyl (C=O) groups is 2. The molecule has 4 atom stereocenters. The Morgan fingerprint density at radius 2 is 1.68 bits per heavy atom. The number of hydrogen-bond acceptors (Lipinski definition) is 8. The molecule has 0 bridgehead atoms. The minimum atomic E-state index is -2.41. The molecule has 1 N–H and O–H groups in total. The number of fused-ring (bicyclic) bond motifs is 3. The van der Waals surface area contributed by atoms with Crippen molar-refractivity contribution in [2.75, 3.05) is 30.1 Å². The third-order valence-electron chi connectivity index (χ3n) is 11.3. The van der Waals surface area contributed by atoms with Crippen molar-refractivity contribution in [3.8, 4) is 11.5 Å². The van der Waals surface area contributed by atoms with Gasteiger partial charge < -0.3 is 19.3 Å². The number of para-hydroxylation sites is 3. The van der Waals surface area contributed by atoms with Crippen LogP contribution in [0.4, 0.5) is 22.7 Å². The molecule has 5 aromatic rings. The monoisotopic (exact) mass is 729 g/mol. The average Bonchev–Trinajstić information content (AvgIpc) is 3.83. The van der Waals surface area contributed by atoms with E-state index in [0.717, 1.165) is 28.4 Å². The number of ether oxygens (including phenoxy) is 3. The summed E-state index contributed by atoms with van der Waals surface area (Å²) in [6.45, 7) is 7.31. The smallest absolute Gasteiger partial charge is 0.269 e. The van der Waals surface area contributed by atoms with Crippen LogP contribution in [0.15, 0.2) is 103 Å². The Morgan fingerprint density at radius 3 is 2.43 bits per heavy atom. The summed E-state index contributed by atoms with van der Waals surface area (Å²) in [5.74, 6) is 0.823. The number of aliphatic hydroxyl groups excluding tert-OH is 1. The van der Waals surface area contributed by atoms with E-state index in [-0.39, 0.29) is 42.6 Å². The van der Waals surface area contributed by atoms with E-state index in [1.165, 1.54) is 5.19 Å². The topological polar surface area (TPSA) is 119 Å². The highest BCUT2D eigenvalue weighted by atomic mass is 28.3. The standard InChI is InChI=1S/C41H43N5O6Si/c1-27-39(53(3,4)32-17-15-31(50-2)16-18-32)37(20-22-44-25-28(21-23-47)42-43-44)52-41(27)33-24-30(45-35-12-8-9-13-36(35)51-26-38(45)48)14-19-34(33)46(40(41)49)29-10-6-5-7-11-29/h5-19,24-25,27,37,39,47H,20-23,26H2,1-4H3/t27-,37+,39-,41+/m0/s1. The van der Waals surface area contributed by atoms with Crippen LogP contribution in [-0.4, -0.2) is 66.4 Å². The molecule has 8 rings (SSSR count). The molecular weight excluding hydrogens is 687 g/mol. The van der Waals surface area contributed by atoms with Crippen LogP contribution < -0.4 is 24.5 Å². The number of aliphatic hydroxyl groups is 1. The molecule has 1 spiro atoms. The van der Waals surface area contributed by atoms with Gasteiger partial charge >= 0.3 is 0 Å². The molecule has 3 aliphatic heterocycles. The van der Waals surface area contributed by atoms with E-state index < -0.39 is 13.7 Å². The van der Waals surface area contributed by atoms with Crippen molar-refractivity contribution in [3.05, 3.63) is 115 Å². The molecule has 1 fully saturated rings. The number of methoxy groups -OCH3 is 1. The Bertz CT molecular complexity index is 2160. The number of aromatic nitrogens is 3. The van der Waals surface area contributed by atoms with Gasteiger partial charge in [0.2, 0.25) is 0 Å². The molecule has 2 amide bonds. The first-order valence-corrected chi connectivity index (χ1v) is 21.2. The van der Waals surface area contributed by atoms with E-state index in [4.69, 9.17) is 14.2 Å². The molecule has 12 heteroatoms. The van der Waals surface area contributed by atoms with Gasteiger partial charge in [-0.1, -0.05) is 72.9 Å². The van der Waals surface area contributed by atoms with Gasteiger partial charge in [0, 0.05) is 48.6 Å². The van der Waals surface area contributed by atoms with Gasteiger partial charge in [-0.05, 0) is 66.6 Å². The number of anilines is 4. The summed E-state index contributed by atoms with van der Waals surface area (Å²) in [5.41, 5.74) is 2.90. The molecule has 0 radical (unpaired) electrons. The lowest BCUT2D eigenvalue weighted by Crippen LogP contribution is -2.51. The summed E-state index contributed by atoms with van der Waals surface area (Å²) >= 11 is 0. The maximum atomic E-state index is 15.4. The van der Waals surface area contributed by atoms with E-state index in [1.807, 2.05) is 91.1 Å². The molecule has 4 heterocycles. The lowest BCUT2D eigenvalue weighted by molar-refractivity contribution is -0.145. The van der Waals surface area contributed by atoms with E-state index in [9.17, 15) is 9.90 Å². The van der Waals surface area contributed by atoms with Gasteiger partial charge in [-0.25, -0.2) is 0 Å². The minimum Gasteiger partial charge on any atom is -0.497 e. The number of rotatable bonds is 10. The highest BCUT2D eigenvalue weighted by molar-refractivity contribution is 6.91. The zero-order valence-electron chi connectivity index (χ0n) is 30.3. The average molecular weight is 730 g/mol. The Morgan fingerprint density at radius 1 is 0.925 bits per heavy atom. The number of aryl methyl sites for hydroxylation is 1. The fraction of sp³-hybridized carbons (Fsp3) is 0.317. The Hall–Kier alpha value is -5.30. The summed E-state index contributed by atoms with van der Waals surface area (Å²) in [4.78, 5) is 32.4. The van der Waals surface area contributed by atoms with Crippen LogP contribution in [0.2, 0.25) is 18.6 Å². The first-order chi connectivity index (χ1) is 25.7. The minimum absolute atomic E-state index is 0.00162. The van der Waals surface area contributed by atoms with Crippen LogP contribution in [0.1, 0.15) is 24.6 Å². The maximum absolute atomic E-state index is 15.4. The van der Waals surface area contributed by atoms with Crippen LogP contribution >= 0.6 is 0 Å². The van der Waals surface area contributed by atoms with Crippen molar-refractivity contribution in [3.63, 3.8) is 0 Å². The van der Waals surface area contributed by atoms with Gasteiger partial charge in [-0.2, -0.15) is 0 Å². The highest BCUT2D eigenvalue weighted by Crippen LogP contribution is 2.61. The van der Waals surface area contributed by atoms with Crippen molar-refractivity contribution in [2.45, 2.75) is 56.7 Å². The zero-order valence-corrected chi connectivity index (χ0v) is 31.3. The molecule has 53 heavy (non-hydrogen) atoms. The van der Waals surface area contributed by atoms with Crippen molar-refractivity contribution in [2.24, 2.45) is 5.92 Å². The van der Waals surface area contributed by atoms with Crippen LogP contribution in [0, 0.1) is 5.92 Å². The lowest BCUT2D eigenvalue weighted by atomic mass is 9.82. The quantitative estimate of drug-likeness (QED) is 0.178. The lowest BCUT2D eigenvalue weighted by Gasteiger charge is -2.37. The molecule has 1 aromatic heterocycles. The Labute approximate surface area is 309 Å². The Kier molecular flexibility index (Phi) is 8.92. The maximum Gasteiger partial charge on any atom is 0.269 e. The molecule has 272 valence electrons. The number of hydrogen-bond donors (Lipinski definition) is 1. The summed E-state index contributed by atoms with van der Waals surface area (Å²) in [6.07, 6.45) is 2.57. The van der Waals surface area contributed by atoms with Crippen LogP contribution in [0.25, 0.3) is 0 Å². The van der Waals surface area contributed by atoms with E-state index in [2.05, 4.69) is 42.5 Å². The number of benzene rings is 4. The molecule has 3 aliphatic rings. The SMILES string of the molecule is COc1ccc([Si](C)(C)[C@@H]2[C@@H](CCn3cc(CCO)nn3)O[C@]3(C(=O)N(c4ccccc4)c4ccc(N5C(=O)COc6ccccc65)cc43)[C@H]2C)cc1. The second-order valence-corrected chi connectivity index (χ2v) is 19.2. The fourth-order valence-electron chi connectivity index (χ4n) is 8.79. The van der Waals surface area contributed by atoms with E-state index in [0.29, 0.717) is 36.5 Å². The largest absolute Gasteiger partial charge is 0.497 e. The highest BCUT2D eigenvalue weighted by Gasteiger charge is 2.66. The summed E-state index contributed by atoms with van der Waals surface area (Å²) in [7, 11) is -0.749. The predicted molar refractivity (Wildman–Crippen MR) is 204 cm³/mol. The van der Waals surface area contributed by atoms with Gasteiger partial charge in [0.25, 0.3) is 11.8 Å². The predicted octanol–water partition coefficient (Wildman–Crippen LogP) is 5.86. The Balaban J connectivity index is 1.27. The van der Waals surface area contributed by atoms with Crippen molar-refractivity contribution in [1.82, 2.24) is 15.0 Å². The molecule has 11 nitrogen and oxygen atoms in total. The van der Waals surface area contributed by atoms with Gasteiger partial charge in [-0.15, -0.1) is 5.10 Å². The second kappa shape index (κ2) is 13.6. The van der Waals surface area contributed by atoms with Crippen LogP contribution in [-0.2, 0) is 32.9 Å². The summed E-state index contributed by atoms with van der Waals surface area (Å²) < 4.78 is 20.5. The molecule has 0 unspecified atom stereocenters. The molecule has 0 saturated carbocycles. The van der Waals surface area contributed by atoms with Gasteiger partial charge in [-0.3, -0.25) is 24.1 Å². The first kappa shape index (κ1) is 34.8. The molecule has 0 aliphatic carbocycles. The number of amides is 2.